The Morgan fingerprint density at radius 1 is 1.23 bits per heavy atom. The highest BCUT2D eigenvalue weighted by atomic mass is 35.5. The standard InChI is InChI=1S/C20H20Cl2FN5OS/c1-11(2)10-28-18(14-6-4-5-7-16(14)23)26-27-20(28)30-12(3)19(29)25-17-15(22)8-13(21)9-24-17/h4-9,11-12H,10H2,1-3H3,(H,24,25,29)/t12-/m0/s1. The van der Waals surface area contributed by atoms with Crippen LogP contribution >= 0.6 is 35.0 Å². The van der Waals surface area contributed by atoms with Crippen LogP contribution in [-0.2, 0) is 11.3 Å². The number of nitrogens with one attached hydrogen (secondary N) is 1. The minimum absolute atomic E-state index is 0.231. The number of carbonyl (C=O) groups is 1. The highest BCUT2D eigenvalue weighted by Gasteiger charge is 2.23. The molecule has 30 heavy (non-hydrogen) atoms. The quantitative estimate of drug-likeness (QED) is 0.460. The third-order valence-electron chi connectivity index (χ3n) is 4.08. The molecule has 1 aromatic carbocycles. The van der Waals surface area contributed by atoms with Gasteiger partial charge in [-0.25, -0.2) is 9.37 Å². The number of benzene rings is 1. The van der Waals surface area contributed by atoms with Crippen LogP contribution in [0.25, 0.3) is 11.4 Å². The minimum atomic E-state index is -0.526. The van der Waals surface area contributed by atoms with Crippen LogP contribution in [0, 0.1) is 11.7 Å². The van der Waals surface area contributed by atoms with Crippen molar-refractivity contribution in [2.24, 2.45) is 5.92 Å². The smallest absolute Gasteiger partial charge is 0.238 e. The maximum atomic E-state index is 14.3. The molecule has 10 heteroatoms. The Balaban J connectivity index is 1.83. The number of nitrogens with zero attached hydrogens (tertiary/aromatic N) is 4. The lowest BCUT2D eigenvalue weighted by Crippen LogP contribution is -2.24. The predicted octanol–water partition coefficient (Wildman–Crippen LogP) is 5.56. The molecule has 0 saturated carbocycles. The second-order valence-corrected chi connectivity index (χ2v) is 9.18. The second kappa shape index (κ2) is 9.76. The average Bonchev–Trinajstić information content (AvgIpc) is 3.05. The number of carbonyl (C=O) groups excluding carboxylic acids is 1. The highest BCUT2D eigenvalue weighted by Crippen LogP contribution is 2.30. The lowest BCUT2D eigenvalue weighted by Gasteiger charge is -2.15. The molecule has 0 bridgehead atoms. The Morgan fingerprint density at radius 2 is 1.97 bits per heavy atom. The van der Waals surface area contributed by atoms with E-state index in [1.54, 1.807) is 25.1 Å². The summed E-state index contributed by atoms with van der Waals surface area (Å²) in [4.78, 5) is 16.7. The second-order valence-electron chi connectivity index (χ2n) is 7.02. The van der Waals surface area contributed by atoms with E-state index >= 15 is 0 Å². The summed E-state index contributed by atoms with van der Waals surface area (Å²) >= 11 is 13.1. The first-order valence-corrected chi connectivity index (χ1v) is 10.9. The van der Waals surface area contributed by atoms with Crippen molar-refractivity contribution < 1.29 is 9.18 Å². The summed E-state index contributed by atoms with van der Waals surface area (Å²) in [7, 11) is 0. The summed E-state index contributed by atoms with van der Waals surface area (Å²) in [6.45, 7) is 6.41. The third-order valence-corrected chi connectivity index (χ3v) is 5.66. The van der Waals surface area contributed by atoms with Crippen LogP contribution < -0.4 is 5.32 Å². The van der Waals surface area contributed by atoms with Crippen LogP contribution in [0.1, 0.15) is 20.8 Å². The number of aromatic nitrogens is 4. The van der Waals surface area contributed by atoms with E-state index in [4.69, 9.17) is 23.2 Å². The molecule has 0 spiro atoms. The summed E-state index contributed by atoms with van der Waals surface area (Å²) in [6, 6.07) is 7.92. The molecule has 0 aliphatic carbocycles. The topological polar surface area (TPSA) is 72.7 Å². The number of halogens is 3. The van der Waals surface area contributed by atoms with Crippen molar-refractivity contribution in [1.29, 1.82) is 0 Å². The monoisotopic (exact) mass is 467 g/mol. The van der Waals surface area contributed by atoms with Crippen molar-refractivity contribution in [2.45, 2.75) is 37.7 Å². The maximum absolute atomic E-state index is 14.3. The molecule has 0 aliphatic heterocycles. The molecule has 0 aliphatic rings. The van der Waals surface area contributed by atoms with Crippen LogP contribution in [0.4, 0.5) is 10.2 Å². The molecule has 1 amide bonds. The molecular weight excluding hydrogens is 448 g/mol. The Kier molecular flexibility index (Phi) is 7.33. The van der Waals surface area contributed by atoms with E-state index in [0.717, 1.165) is 0 Å². The maximum Gasteiger partial charge on any atom is 0.238 e. The predicted molar refractivity (Wildman–Crippen MR) is 118 cm³/mol. The molecule has 2 heterocycles. The van der Waals surface area contributed by atoms with Gasteiger partial charge in [-0.1, -0.05) is 60.9 Å². The zero-order valence-corrected chi connectivity index (χ0v) is 18.9. The zero-order chi connectivity index (χ0) is 21.8. The summed E-state index contributed by atoms with van der Waals surface area (Å²) in [5.41, 5.74) is 0.367. The van der Waals surface area contributed by atoms with E-state index in [2.05, 4.69) is 20.5 Å². The lowest BCUT2D eigenvalue weighted by molar-refractivity contribution is -0.115. The van der Waals surface area contributed by atoms with Crippen molar-refractivity contribution in [3.05, 3.63) is 52.4 Å². The van der Waals surface area contributed by atoms with E-state index < -0.39 is 5.25 Å². The van der Waals surface area contributed by atoms with Gasteiger partial charge in [0.1, 0.15) is 5.82 Å². The van der Waals surface area contributed by atoms with Gasteiger partial charge in [0, 0.05) is 12.7 Å². The number of hydrogen-bond donors (Lipinski definition) is 1. The first-order valence-electron chi connectivity index (χ1n) is 9.23. The van der Waals surface area contributed by atoms with Gasteiger partial charge in [-0.2, -0.15) is 0 Å². The molecule has 3 rings (SSSR count). The van der Waals surface area contributed by atoms with Crippen LogP contribution in [-0.4, -0.2) is 30.9 Å². The fourth-order valence-electron chi connectivity index (χ4n) is 2.68. The van der Waals surface area contributed by atoms with E-state index in [0.29, 0.717) is 28.1 Å². The molecule has 158 valence electrons. The van der Waals surface area contributed by atoms with E-state index in [1.807, 2.05) is 18.4 Å². The molecule has 0 saturated heterocycles. The highest BCUT2D eigenvalue weighted by molar-refractivity contribution is 8.00. The Hall–Kier alpha value is -2.16. The molecular formula is C20H20Cl2FN5OS. The fourth-order valence-corrected chi connectivity index (χ4v) is 3.97. The van der Waals surface area contributed by atoms with Crippen LogP contribution in [0.5, 0.6) is 0 Å². The van der Waals surface area contributed by atoms with Gasteiger partial charge in [0.15, 0.2) is 16.8 Å². The van der Waals surface area contributed by atoms with Crippen molar-refractivity contribution in [3.63, 3.8) is 0 Å². The van der Waals surface area contributed by atoms with Gasteiger partial charge in [0.25, 0.3) is 0 Å². The van der Waals surface area contributed by atoms with Crippen molar-refractivity contribution in [3.8, 4) is 11.4 Å². The number of amides is 1. The van der Waals surface area contributed by atoms with Gasteiger partial charge in [-0.15, -0.1) is 10.2 Å². The molecule has 1 atom stereocenters. The minimum Gasteiger partial charge on any atom is -0.308 e. The Labute approximate surface area is 188 Å². The average molecular weight is 468 g/mol. The normalized spacial score (nSPS) is 12.2. The number of hydrogen-bond acceptors (Lipinski definition) is 5. The van der Waals surface area contributed by atoms with Crippen molar-refractivity contribution in [1.82, 2.24) is 19.7 Å². The molecule has 1 N–H and O–H groups in total. The van der Waals surface area contributed by atoms with Crippen molar-refractivity contribution in [2.75, 3.05) is 5.32 Å². The summed E-state index contributed by atoms with van der Waals surface area (Å²) < 4.78 is 16.2. The molecule has 0 unspecified atom stereocenters. The summed E-state index contributed by atoms with van der Waals surface area (Å²) in [6.07, 6.45) is 1.40. The third kappa shape index (κ3) is 5.30. The first kappa shape index (κ1) is 22.5. The molecule has 0 radical (unpaired) electrons. The van der Waals surface area contributed by atoms with Gasteiger partial charge < -0.3 is 9.88 Å². The summed E-state index contributed by atoms with van der Waals surface area (Å²) in [5.74, 6) is 0.254. The lowest BCUT2D eigenvalue weighted by atomic mass is 10.2. The summed E-state index contributed by atoms with van der Waals surface area (Å²) in [5, 5.41) is 11.7. The molecule has 6 nitrogen and oxygen atoms in total. The molecule has 2 aromatic heterocycles. The zero-order valence-electron chi connectivity index (χ0n) is 16.6. The fraction of sp³-hybridized carbons (Fsp3) is 0.300. The van der Waals surface area contributed by atoms with Gasteiger partial charge in [0.05, 0.1) is 20.9 Å². The number of pyridine rings is 1. The van der Waals surface area contributed by atoms with Gasteiger partial charge in [-0.3, -0.25) is 4.79 Å². The van der Waals surface area contributed by atoms with Crippen molar-refractivity contribution >= 4 is 46.7 Å². The number of thioether (sulfide) groups is 1. The van der Waals surface area contributed by atoms with Gasteiger partial charge >= 0.3 is 0 Å². The van der Waals surface area contributed by atoms with Gasteiger partial charge in [0.2, 0.25) is 5.91 Å². The van der Waals surface area contributed by atoms with E-state index in [9.17, 15) is 9.18 Å². The van der Waals surface area contributed by atoms with Crippen LogP contribution in [0.2, 0.25) is 10.0 Å². The first-order chi connectivity index (χ1) is 14.3. The van der Waals surface area contributed by atoms with Crippen LogP contribution in [0.3, 0.4) is 0 Å². The van der Waals surface area contributed by atoms with E-state index in [1.165, 1.54) is 30.1 Å². The molecule has 0 fully saturated rings. The Morgan fingerprint density at radius 3 is 2.63 bits per heavy atom. The van der Waals surface area contributed by atoms with E-state index in [-0.39, 0.29) is 28.5 Å². The largest absolute Gasteiger partial charge is 0.308 e. The van der Waals surface area contributed by atoms with Crippen LogP contribution in [0.15, 0.2) is 41.7 Å². The van der Waals surface area contributed by atoms with Gasteiger partial charge in [-0.05, 0) is 31.0 Å². The Bertz CT molecular complexity index is 1060. The number of rotatable bonds is 7. The molecule has 3 aromatic rings. The SMILES string of the molecule is CC(C)Cn1c(S[C@@H](C)C(=O)Nc2ncc(Cl)cc2Cl)nnc1-c1ccccc1F. The number of anilines is 1.